The molecule has 0 atom stereocenters. The summed E-state index contributed by atoms with van der Waals surface area (Å²) in [5, 5.41) is 3.27. The molecular formula is C9H15N3. The van der Waals surface area contributed by atoms with Gasteiger partial charge in [0.15, 0.2) is 0 Å². The van der Waals surface area contributed by atoms with Crippen LogP contribution in [0.3, 0.4) is 0 Å². The van der Waals surface area contributed by atoms with E-state index in [4.69, 9.17) is 5.73 Å². The highest BCUT2D eigenvalue weighted by molar-refractivity contribution is 5.54. The number of nitrogens with zero attached hydrogens (tertiary/aromatic N) is 1. The fourth-order valence-corrected chi connectivity index (χ4v) is 1.18. The molecule has 0 saturated carbocycles. The van der Waals surface area contributed by atoms with Crippen molar-refractivity contribution in [3.05, 3.63) is 23.5 Å². The van der Waals surface area contributed by atoms with Crippen LogP contribution in [-0.4, -0.2) is 18.1 Å². The summed E-state index contributed by atoms with van der Waals surface area (Å²) >= 11 is 0. The summed E-state index contributed by atoms with van der Waals surface area (Å²) in [5.41, 5.74) is 8.90. The normalized spacial score (nSPS) is 9.92. The third kappa shape index (κ3) is 1.95. The summed E-state index contributed by atoms with van der Waals surface area (Å²) in [4.78, 5) is 4.08. The van der Waals surface area contributed by atoms with Crippen LogP contribution < -0.4 is 11.1 Å². The fourth-order valence-electron chi connectivity index (χ4n) is 1.18. The van der Waals surface area contributed by atoms with Gasteiger partial charge in [-0.3, -0.25) is 4.98 Å². The number of anilines is 1. The van der Waals surface area contributed by atoms with E-state index in [1.165, 1.54) is 11.1 Å². The van der Waals surface area contributed by atoms with Crippen molar-refractivity contribution in [1.29, 1.82) is 0 Å². The molecule has 0 unspecified atom stereocenters. The Labute approximate surface area is 73.0 Å². The van der Waals surface area contributed by atoms with Crippen LogP contribution in [0, 0.1) is 13.8 Å². The first kappa shape index (κ1) is 9.00. The van der Waals surface area contributed by atoms with Crippen molar-refractivity contribution in [2.45, 2.75) is 13.8 Å². The van der Waals surface area contributed by atoms with E-state index in [2.05, 4.69) is 10.3 Å². The highest BCUT2D eigenvalue weighted by atomic mass is 14.9. The molecule has 3 N–H and O–H groups in total. The van der Waals surface area contributed by atoms with E-state index in [0.717, 1.165) is 12.2 Å². The number of aromatic nitrogens is 1. The maximum absolute atomic E-state index is 5.40. The standard InChI is InChI=1S/C9H15N3/c1-7-5-11-6-8(2)9(7)12-4-3-10/h5-6H,3-4,10H2,1-2H3,(H,11,12). The van der Waals surface area contributed by atoms with Crippen molar-refractivity contribution in [3.8, 4) is 0 Å². The Morgan fingerprint density at radius 1 is 1.33 bits per heavy atom. The Kier molecular flexibility index (Phi) is 3.05. The van der Waals surface area contributed by atoms with Gasteiger partial charge in [0.25, 0.3) is 0 Å². The van der Waals surface area contributed by atoms with Gasteiger partial charge in [-0.2, -0.15) is 0 Å². The molecule has 0 radical (unpaired) electrons. The van der Waals surface area contributed by atoms with E-state index in [9.17, 15) is 0 Å². The Morgan fingerprint density at radius 3 is 2.42 bits per heavy atom. The lowest BCUT2D eigenvalue weighted by atomic mass is 10.2. The zero-order chi connectivity index (χ0) is 8.97. The topological polar surface area (TPSA) is 50.9 Å². The van der Waals surface area contributed by atoms with Crippen molar-refractivity contribution in [3.63, 3.8) is 0 Å². The molecule has 3 nitrogen and oxygen atoms in total. The van der Waals surface area contributed by atoms with E-state index in [1.807, 2.05) is 26.2 Å². The first-order chi connectivity index (χ1) is 5.75. The molecule has 12 heavy (non-hydrogen) atoms. The molecule has 1 aromatic heterocycles. The molecule has 1 aromatic rings. The molecule has 0 spiro atoms. The van der Waals surface area contributed by atoms with Crippen LogP contribution in [-0.2, 0) is 0 Å². The Bertz CT molecular complexity index is 238. The predicted octanol–water partition coefficient (Wildman–Crippen LogP) is 1.07. The fraction of sp³-hybridized carbons (Fsp3) is 0.444. The quantitative estimate of drug-likeness (QED) is 0.704. The minimum atomic E-state index is 0.654. The van der Waals surface area contributed by atoms with Gasteiger partial charge in [0.2, 0.25) is 0 Å². The minimum absolute atomic E-state index is 0.654. The van der Waals surface area contributed by atoms with E-state index in [-0.39, 0.29) is 0 Å². The van der Waals surface area contributed by atoms with E-state index < -0.39 is 0 Å². The second-order valence-corrected chi connectivity index (χ2v) is 2.86. The van der Waals surface area contributed by atoms with Crippen LogP contribution in [0.4, 0.5) is 5.69 Å². The monoisotopic (exact) mass is 165 g/mol. The lowest BCUT2D eigenvalue weighted by Crippen LogP contribution is -2.14. The molecule has 0 aliphatic carbocycles. The molecule has 0 aromatic carbocycles. The Morgan fingerprint density at radius 2 is 1.92 bits per heavy atom. The molecule has 0 aliphatic heterocycles. The summed E-state index contributed by atoms with van der Waals surface area (Å²) < 4.78 is 0. The number of hydrogen-bond donors (Lipinski definition) is 2. The number of nitrogens with two attached hydrogens (primary N) is 1. The average Bonchev–Trinajstić information content (AvgIpc) is 2.04. The second kappa shape index (κ2) is 4.07. The van der Waals surface area contributed by atoms with Crippen LogP contribution >= 0.6 is 0 Å². The van der Waals surface area contributed by atoms with Gasteiger partial charge in [-0.25, -0.2) is 0 Å². The second-order valence-electron chi connectivity index (χ2n) is 2.86. The summed E-state index contributed by atoms with van der Waals surface area (Å²) in [5.74, 6) is 0. The highest BCUT2D eigenvalue weighted by Crippen LogP contribution is 2.16. The van der Waals surface area contributed by atoms with Crippen LogP contribution in [0.2, 0.25) is 0 Å². The SMILES string of the molecule is Cc1cncc(C)c1NCCN. The van der Waals surface area contributed by atoms with Crippen LogP contribution in [0.5, 0.6) is 0 Å². The Hall–Kier alpha value is -1.09. The van der Waals surface area contributed by atoms with Crippen molar-refractivity contribution in [1.82, 2.24) is 4.98 Å². The molecule has 1 heterocycles. The first-order valence-electron chi connectivity index (χ1n) is 4.11. The zero-order valence-corrected chi connectivity index (χ0v) is 7.59. The number of aryl methyl sites for hydroxylation is 2. The van der Waals surface area contributed by atoms with Gasteiger partial charge in [0.05, 0.1) is 0 Å². The minimum Gasteiger partial charge on any atom is -0.383 e. The van der Waals surface area contributed by atoms with Gasteiger partial charge in [0, 0.05) is 31.2 Å². The average molecular weight is 165 g/mol. The van der Waals surface area contributed by atoms with E-state index >= 15 is 0 Å². The lowest BCUT2D eigenvalue weighted by Gasteiger charge is -2.10. The molecule has 66 valence electrons. The molecule has 0 saturated heterocycles. The Balaban J connectivity index is 2.81. The summed E-state index contributed by atoms with van der Waals surface area (Å²) in [6.45, 7) is 5.55. The summed E-state index contributed by atoms with van der Waals surface area (Å²) in [6.07, 6.45) is 3.71. The van der Waals surface area contributed by atoms with Crippen molar-refractivity contribution in [2.24, 2.45) is 5.73 Å². The molecule has 1 rings (SSSR count). The predicted molar refractivity (Wildman–Crippen MR) is 51.3 cm³/mol. The molecule has 0 fully saturated rings. The molecule has 3 heteroatoms. The number of hydrogen-bond acceptors (Lipinski definition) is 3. The van der Waals surface area contributed by atoms with E-state index in [0.29, 0.717) is 6.54 Å². The molecule has 0 aliphatic rings. The van der Waals surface area contributed by atoms with Crippen LogP contribution in [0.25, 0.3) is 0 Å². The van der Waals surface area contributed by atoms with Gasteiger partial charge in [-0.05, 0) is 25.0 Å². The third-order valence-electron chi connectivity index (χ3n) is 1.77. The summed E-state index contributed by atoms with van der Waals surface area (Å²) in [7, 11) is 0. The van der Waals surface area contributed by atoms with Crippen molar-refractivity contribution >= 4 is 5.69 Å². The van der Waals surface area contributed by atoms with Gasteiger partial charge in [-0.1, -0.05) is 0 Å². The van der Waals surface area contributed by atoms with Gasteiger partial charge in [0.1, 0.15) is 0 Å². The maximum Gasteiger partial charge on any atom is 0.0430 e. The van der Waals surface area contributed by atoms with E-state index in [1.54, 1.807) is 0 Å². The maximum atomic E-state index is 5.40. The largest absolute Gasteiger partial charge is 0.383 e. The highest BCUT2D eigenvalue weighted by Gasteiger charge is 1.99. The number of pyridine rings is 1. The first-order valence-corrected chi connectivity index (χ1v) is 4.11. The smallest absolute Gasteiger partial charge is 0.0430 e. The van der Waals surface area contributed by atoms with Crippen LogP contribution in [0.1, 0.15) is 11.1 Å². The number of rotatable bonds is 3. The van der Waals surface area contributed by atoms with Crippen molar-refractivity contribution in [2.75, 3.05) is 18.4 Å². The van der Waals surface area contributed by atoms with Crippen LogP contribution in [0.15, 0.2) is 12.4 Å². The molecule has 0 amide bonds. The molecule has 0 bridgehead atoms. The zero-order valence-electron chi connectivity index (χ0n) is 7.59. The van der Waals surface area contributed by atoms with Gasteiger partial charge >= 0.3 is 0 Å². The summed E-state index contributed by atoms with van der Waals surface area (Å²) in [6, 6.07) is 0. The number of nitrogens with one attached hydrogen (secondary N) is 1. The molecular weight excluding hydrogens is 150 g/mol. The van der Waals surface area contributed by atoms with Gasteiger partial charge < -0.3 is 11.1 Å². The van der Waals surface area contributed by atoms with Crippen molar-refractivity contribution < 1.29 is 0 Å². The van der Waals surface area contributed by atoms with Gasteiger partial charge in [-0.15, -0.1) is 0 Å². The lowest BCUT2D eigenvalue weighted by molar-refractivity contribution is 1.01. The third-order valence-corrected chi connectivity index (χ3v) is 1.77.